The summed E-state index contributed by atoms with van der Waals surface area (Å²) in [6.45, 7) is 6.11. The van der Waals surface area contributed by atoms with Crippen LogP contribution in [0, 0.1) is 16.7 Å². The molecule has 0 radical (unpaired) electrons. The number of hydrogen-bond donors (Lipinski definition) is 1. The molecule has 2 saturated carbocycles. The van der Waals surface area contributed by atoms with Gasteiger partial charge in [0.25, 0.3) is 5.91 Å². The van der Waals surface area contributed by atoms with Crippen LogP contribution < -0.4 is 5.43 Å². The van der Waals surface area contributed by atoms with Gasteiger partial charge in [-0.15, -0.1) is 0 Å². The molecule has 1 spiro atoms. The molecule has 0 aromatic rings. The van der Waals surface area contributed by atoms with E-state index in [1.165, 1.54) is 4.31 Å². The Bertz CT molecular complexity index is 676. The van der Waals surface area contributed by atoms with Gasteiger partial charge in [0.1, 0.15) is 5.54 Å². The maximum Gasteiger partial charge on any atom is 0.263 e. The van der Waals surface area contributed by atoms with Gasteiger partial charge in [-0.3, -0.25) is 10.2 Å². The van der Waals surface area contributed by atoms with Gasteiger partial charge in [-0.25, -0.2) is 12.7 Å². The van der Waals surface area contributed by atoms with Crippen molar-refractivity contribution in [1.82, 2.24) is 9.73 Å². The van der Waals surface area contributed by atoms with Gasteiger partial charge in [0.05, 0.1) is 11.8 Å². The number of nitrogens with one attached hydrogen (secondary N) is 1. The Morgan fingerprint density at radius 2 is 2.09 bits per heavy atom. The van der Waals surface area contributed by atoms with Crippen molar-refractivity contribution in [2.45, 2.75) is 58.0 Å². The molecule has 2 aliphatic heterocycles. The number of hydrogen-bond acceptors (Lipinski definition) is 5. The van der Waals surface area contributed by atoms with E-state index in [-0.39, 0.29) is 28.5 Å². The van der Waals surface area contributed by atoms with Crippen LogP contribution in [0.4, 0.5) is 0 Å². The summed E-state index contributed by atoms with van der Waals surface area (Å²) in [5.41, 5.74) is 1.60. The molecule has 7 heteroatoms. The molecule has 1 N–H and O–H groups in total. The van der Waals surface area contributed by atoms with E-state index in [1.807, 2.05) is 0 Å². The summed E-state index contributed by atoms with van der Waals surface area (Å²) in [6.07, 6.45) is 4.89. The summed E-state index contributed by atoms with van der Waals surface area (Å²) in [4.78, 5) is 13.0. The number of fused-ring (bicyclic) bond motifs is 1. The third-order valence-corrected chi connectivity index (χ3v) is 8.89. The zero-order chi connectivity index (χ0) is 16.0. The number of amides is 1. The number of hydrazone groups is 1. The lowest BCUT2D eigenvalue weighted by atomic mass is 9.69. The van der Waals surface area contributed by atoms with Crippen molar-refractivity contribution >= 4 is 22.1 Å². The van der Waals surface area contributed by atoms with Gasteiger partial charge in [0.15, 0.2) is 0 Å². The van der Waals surface area contributed by atoms with Crippen molar-refractivity contribution in [3.05, 3.63) is 0 Å². The predicted octanol–water partition coefficient (Wildman–Crippen LogP) is 1.09. The highest BCUT2D eigenvalue weighted by Gasteiger charge is 2.73. The molecule has 122 valence electrons. The van der Waals surface area contributed by atoms with Crippen molar-refractivity contribution in [1.29, 1.82) is 0 Å². The lowest BCUT2D eigenvalue weighted by Gasteiger charge is -2.38. The van der Waals surface area contributed by atoms with Crippen LogP contribution in [0.5, 0.6) is 0 Å². The Morgan fingerprint density at radius 3 is 2.68 bits per heavy atom. The fourth-order valence-corrected chi connectivity index (χ4v) is 8.03. The Labute approximate surface area is 131 Å². The van der Waals surface area contributed by atoms with Gasteiger partial charge in [-0.2, -0.15) is 5.10 Å². The van der Waals surface area contributed by atoms with Crippen molar-refractivity contribution in [2.24, 2.45) is 21.8 Å². The highest BCUT2D eigenvalue weighted by Crippen LogP contribution is 2.70. The number of rotatable bonds is 1. The minimum atomic E-state index is -3.55. The molecule has 6 nitrogen and oxygen atoms in total. The topological polar surface area (TPSA) is 78.8 Å². The van der Waals surface area contributed by atoms with Crippen molar-refractivity contribution in [3.8, 4) is 0 Å². The molecule has 22 heavy (non-hydrogen) atoms. The molecule has 4 atom stereocenters. The fourth-order valence-electron chi connectivity index (χ4n) is 5.40. The molecule has 2 aliphatic carbocycles. The van der Waals surface area contributed by atoms with E-state index in [9.17, 15) is 13.2 Å². The third kappa shape index (κ3) is 1.44. The average Bonchev–Trinajstić information content (AvgIpc) is 3.07. The Morgan fingerprint density at radius 1 is 1.36 bits per heavy atom. The average molecular weight is 325 g/mol. The number of carbonyl (C=O) groups excluding carboxylic acids is 1. The van der Waals surface area contributed by atoms with E-state index in [0.29, 0.717) is 12.3 Å². The van der Waals surface area contributed by atoms with Crippen LogP contribution in [-0.2, 0) is 14.8 Å². The molecule has 2 heterocycles. The second kappa shape index (κ2) is 3.86. The van der Waals surface area contributed by atoms with Gasteiger partial charge in [0.2, 0.25) is 10.0 Å². The quantitative estimate of drug-likeness (QED) is 0.783. The van der Waals surface area contributed by atoms with Crippen LogP contribution in [0.15, 0.2) is 5.10 Å². The summed E-state index contributed by atoms with van der Waals surface area (Å²) in [7, 11) is -3.55. The Kier molecular flexibility index (Phi) is 2.54. The SMILES string of the molecule is CC1(C)[C@@H]2CC[C@]13CS(=O)(=O)N(C(=O)[C@@]1(C)CC=NN1)[C@@H]3C2. The van der Waals surface area contributed by atoms with Gasteiger partial charge < -0.3 is 0 Å². The van der Waals surface area contributed by atoms with E-state index >= 15 is 0 Å². The van der Waals surface area contributed by atoms with Crippen molar-refractivity contribution < 1.29 is 13.2 Å². The maximum atomic E-state index is 13.0. The van der Waals surface area contributed by atoms with E-state index < -0.39 is 15.6 Å². The molecule has 1 amide bonds. The lowest BCUT2D eigenvalue weighted by molar-refractivity contribution is -0.134. The van der Waals surface area contributed by atoms with Gasteiger partial charge in [-0.1, -0.05) is 13.8 Å². The molecule has 4 rings (SSSR count). The van der Waals surface area contributed by atoms with Crippen LogP contribution in [-0.4, -0.2) is 42.2 Å². The maximum absolute atomic E-state index is 13.0. The molecular weight excluding hydrogens is 302 g/mol. The van der Waals surface area contributed by atoms with E-state index in [1.54, 1.807) is 13.1 Å². The van der Waals surface area contributed by atoms with E-state index in [4.69, 9.17) is 0 Å². The molecule has 0 aromatic heterocycles. The van der Waals surface area contributed by atoms with E-state index in [0.717, 1.165) is 19.3 Å². The van der Waals surface area contributed by atoms with Gasteiger partial charge >= 0.3 is 0 Å². The van der Waals surface area contributed by atoms with Gasteiger partial charge in [0, 0.05) is 18.1 Å². The first-order valence-electron chi connectivity index (χ1n) is 7.99. The smallest absolute Gasteiger partial charge is 0.263 e. The van der Waals surface area contributed by atoms with Gasteiger partial charge in [-0.05, 0) is 37.5 Å². The largest absolute Gasteiger partial charge is 0.295 e. The lowest BCUT2D eigenvalue weighted by Crippen LogP contribution is -2.56. The second-order valence-corrected chi connectivity index (χ2v) is 10.0. The Balaban J connectivity index is 1.77. The first-order chi connectivity index (χ1) is 10.1. The van der Waals surface area contributed by atoms with Crippen molar-refractivity contribution in [3.63, 3.8) is 0 Å². The monoisotopic (exact) mass is 325 g/mol. The summed E-state index contributed by atoms with van der Waals surface area (Å²) >= 11 is 0. The third-order valence-electron chi connectivity index (χ3n) is 6.99. The number of sulfonamides is 1. The molecule has 3 fully saturated rings. The molecule has 0 aromatic carbocycles. The Hall–Kier alpha value is -1.11. The fraction of sp³-hybridized carbons (Fsp3) is 0.867. The summed E-state index contributed by atoms with van der Waals surface area (Å²) in [5, 5.41) is 3.92. The summed E-state index contributed by atoms with van der Waals surface area (Å²) in [6, 6.07) is -0.169. The van der Waals surface area contributed by atoms with Crippen LogP contribution in [0.1, 0.15) is 46.5 Å². The molecule has 4 aliphatic rings. The summed E-state index contributed by atoms with van der Waals surface area (Å²) in [5.74, 6) is 0.302. The molecule has 2 bridgehead atoms. The first-order valence-corrected chi connectivity index (χ1v) is 9.60. The highest BCUT2D eigenvalue weighted by molar-refractivity contribution is 7.90. The number of carbonyl (C=O) groups is 1. The molecule has 0 unspecified atom stereocenters. The zero-order valence-electron chi connectivity index (χ0n) is 13.3. The predicted molar refractivity (Wildman–Crippen MR) is 82.6 cm³/mol. The standard InChI is InChI=1S/C15H23N3O3S/c1-13(2)10-4-5-15(13)9-22(20,21)18(11(15)8-10)12(19)14(3)6-7-16-17-14/h7,10-11,17H,4-6,8-9H2,1-3H3/t10-,11-,14-,15-/m1/s1. The minimum absolute atomic E-state index is 0.0136. The molecular formula is C15H23N3O3S. The molecule has 1 saturated heterocycles. The zero-order valence-corrected chi connectivity index (χ0v) is 14.1. The van der Waals surface area contributed by atoms with Crippen LogP contribution in [0.3, 0.4) is 0 Å². The first kappa shape index (κ1) is 14.5. The number of nitrogens with zero attached hydrogens (tertiary/aromatic N) is 2. The van der Waals surface area contributed by atoms with Crippen LogP contribution in [0.25, 0.3) is 0 Å². The highest BCUT2D eigenvalue weighted by atomic mass is 32.2. The second-order valence-electron chi connectivity index (χ2n) is 8.18. The van der Waals surface area contributed by atoms with Crippen LogP contribution in [0.2, 0.25) is 0 Å². The summed E-state index contributed by atoms with van der Waals surface area (Å²) < 4.78 is 26.9. The van der Waals surface area contributed by atoms with E-state index in [2.05, 4.69) is 24.4 Å². The normalized spacial score (nSPS) is 46.8. The van der Waals surface area contributed by atoms with Crippen molar-refractivity contribution in [2.75, 3.05) is 5.75 Å². The van der Waals surface area contributed by atoms with Crippen LogP contribution >= 0.6 is 0 Å². The minimum Gasteiger partial charge on any atom is -0.295 e.